The molecule has 6 heteroatoms. The van der Waals surface area contributed by atoms with Crippen molar-refractivity contribution >= 4 is 34.8 Å². The normalized spacial score (nSPS) is 12.5. The van der Waals surface area contributed by atoms with Gasteiger partial charge in [0.1, 0.15) is 5.82 Å². The van der Waals surface area contributed by atoms with Gasteiger partial charge in [0.05, 0.1) is 16.1 Å². The van der Waals surface area contributed by atoms with Crippen molar-refractivity contribution in [3.05, 3.63) is 68.4 Å². The van der Waals surface area contributed by atoms with Gasteiger partial charge in [-0.25, -0.2) is 9.82 Å². The second kappa shape index (κ2) is 6.07. The Kier molecular flexibility index (Phi) is 4.66. The highest BCUT2D eigenvalue weighted by molar-refractivity contribution is 6.42. The lowest BCUT2D eigenvalue weighted by Crippen LogP contribution is -2.30. The van der Waals surface area contributed by atoms with Gasteiger partial charge in [0.25, 0.3) is 0 Å². The molecule has 3 N–H and O–H groups in total. The summed E-state index contributed by atoms with van der Waals surface area (Å²) in [6, 6.07) is 8.80. The van der Waals surface area contributed by atoms with Gasteiger partial charge in [0.2, 0.25) is 0 Å². The van der Waals surface area contributed by atoms with Gasteiger partial charge in [0, 0.05) is 10.6 Å². The van der Waals surface area contributed by atoms with E-state index in [4.69, 9.17) is 40.6 Å². The number of hydrogen-bond donors (Lipinski definition) is 2. The number of hydrazine groups is 1. The third-order valence-corrected chi connectivity index (χ3v) is 3.91. The first-order valence-electron chi connectivity index (χ1n) is 5.40. The second-order valence-electron chi connectivity index (χ2n) is 3.88. The predicted molar refractivity (Wildman–Crippen MR) is 77.0 cm³/mol. The number of benzene rings is 2. The van der Waals surface area contributed by atoms with E-state index in [1.54, 1.807) is 24.3 Å². The molecule has 0 aromatic heterocycles. The Bertz CT molecular complexity index is 584. The predicted octanol–water partition coefficient (Wildman–Crippen LogP) is 4.34. The van der Waals surface area contributed by atoms with Crippen LogP contribution in [0.5, 0.6) is 0 Å². The molecule has 2 nitrogen and oxygen atoms in total. The van der Waals surface area contributed by atoms with Gasteiger partial charge in [-0.05, 0) is 23.8 Å². The Morgan fingerprint density at radius 1 is 1.00 bits per heavy atom. The van der Waals surface area contributed by atoms with E-state index in [0.717, 1.165) is 0 Å². The molecule has 0 amide bonds. The highest BCUT2D eigenvalue weighted by Crippen LogP contribution is 2.36. The molecule has 0 saturated carbocycles. The van der Waals surface area contributed by atoms with Crippen molar-refractivity contribution in [2.75, 3.05) is 0 Å². The molecule has 0 fully saturated rings. The van der Waals surface area contributed by atoms with Gasteiger partial charge >= 0.3 is 0 Å². The van der Waals surface area contributed by atoms with E-state index in [-0.39, 0.29) is 10.6 Å². The zero-order valence-corrected chi connectivity index (χ0v) is 11.9. The minimum Gasteiger partial charge on any atom is -0.271 e. The maximum absolute atomic E-state index is 13.9. The van der Waals surface area contributed by atoms with Crippen LogP contribution in [-0.4, -0.2) is 0 Å². The minimum absolute atomic E-state index is 0.232. The summed E-state index contributed by atoms with van der Waals surface area (Å²) in [5.41, 5.74) is 3.31. The van der Waals surface area contributed by atoms with Crippen molar-refractivity contribution in [3.8, 4) is 0 Å². The van der Waals surface area contributed by atoms with Crippen molar-refractivity contribution in [2.45, 2.75) is 6.04 Å². The number of rotatable bonds is 3. The maximum Gasteiger partial charge on any atom is 0.129 e. The average Bonchev–Trinajstić information content (AvgIpc) is 2.38. The van der Waals surface area contributed by atoms with Crippen LogP contribution in [0.2, 0.25) is 15.1 Å². The molecule has 0 aliphatic carbocycles. The summed E-state index contributed by atoms with van der Waals surface area (Å²) in [5.74, 6) is 5.05. The van der Waals surface area contributed by atoms with Crippen molar-refractivity contribution < 1.29 is 4.39 Å². The molecule has 2 aromatic rings. The van der Waals surface area contributed by atoms with Crippen LogP contribution in [-0.2, 0) is 0 Å². The molecule has 0 spiro atoms. The Hall–Kier alpha value is -0.840. The molecule has 0 saturated heterocycles. The fraction of sp³-hybridized carbons (Fsp3) is 0.0769. The summed E-state index contributed by atoms with van der Waals surface area (Å²) in [6.45, 7) is 0. The molecule has 0 aliphatic heterocycles. The summed E-state index contributed by atoms with van der Waals surface area (Å²) in [6.07, 6.45) is 0. The molecular formula is C13H10Cl3FN2. The number of nitrogens with one attached hydrogen (secondary N) is 1. The van der Waals surface area contributed by atoms with E-state index in [0.29, 0.717) is 15.6 Å². The fourth-order valence-corrected chi connectivity index (χ4v) is 2.55. The summed E-state index contributed by atoms with van der Waals surface area (Å²) < 4.78 is 13.9. The fourth-order valence-electron chi connectivity index (χ4n) is 1.86. The van der Waals surface area contributed by atoms with Crippen molar-refractivity contribution in [1.29, 1.82) is 0 Å². The monoisotopic (exact) mass is 318 g/mol. The Labute approximate surface area is 125 Å². The molecule has 100 valence electrons. The van der Waals surface area contributed by atoms with Gasteiger partial charge < -0.3 is 0 Å². The van der Waals surface area contributed by atoms with Crippen molar-refractivity contribution in [2.24, 2.45) is 5.84 Å². The summed E-state index contributed by atoms with van der Waals surface area (Å²) in [7, 11) is 0. The van der Waals surface area contributed by atoms with Crippen LogP contribution in [0.4, 0.5) is 4.39 Å². The maximum atomic E-state index is 13.9. The first-order chi connectivity index (χ1) is 9.06. The van der Waals surface area contributed by atoms with E-state index in [9.17, 15) is 4.39 Å². The largest absolute Gasteiger partial charge is 0.271 e. The van der Waals surface area contributed by atoms with Crippen LogP contribution < -0.4 is 11.3 Å². The zero-order valence-electron chi connectivity index (χ0n) is 9.63. The van der Waals surface area contributed by atoms with Crippen LogP contribution in [0.15, 0.2) is 36.4 Å². The van der Waals surface area contributed by atoms with Gasteiger partial charge in [-0.1, -0.05) is 53.0 Å². The SMILES string of the molecule is NNC(c1cccc(Cl)c1Cl)c1c(F)cccc1Cl. The Morgan fingerprint density at radius 3 is 2.26 bits per heavy atom. The van der Waals surface area contributed by atoms with Crippen LogP contribution in [0.3, 0.4) is 0 Å². The first kappa shape index (κ1) is 14.6. The lowest BCUT2D eigenvalue weighted by Gasteiger charge is -2.20. The van der Waals surface area contributed by atoms with E-state index < -0.39 is 11.9 Å². The van der Waals surface area contributed by atoms with Gasteiger partial charge in [-0.3, -0.25) is 5.84 Å². The van der Waals surface area contributed by atoms with Crippen molar-refractivity contribution in [1.82, 2.24) is 5.43 Å². The molecule has 1 unspecified atom stereocenters. The van der Waals surface area contributed by atoms with Crippen LogP contribution >= 0.6 is 34.8 Å². The summed E-state index contributed by atoms with van der Waals surface area (Å²) >= 11 is 18.1. The number of nitrogens with two attached hydrogens (primary N) is 1. The van der Waals surface area contributed by atoms with Crippen molar-refractivity contribution in [3.63, 3.8) is 0 Å². The highest BCUT2D eigenvalue weighted by Gasteiger charge is 2.22. The Balaban J connectivity index is 2.60. The van der Waals surface area contributed by atoms with Crippen LogP contribution in [0.1, 0.15) is 17.2 Å². The quantitative estimate of drug-likeness (QED) is 0.652. The van der Waals surface area contributed by atoms with Crippen LogP contribution in [0, 0.1) is 5.82 Å². The van der Waals surface area contributed by atoms with Gasteiger partial charge in [-0.15, -0.1) is 0 Å². The minimum atomic E-state index is -0.681. The molecule has 0 aliphatic rings. The molecular weight excluding hydrogens is 310 g/mol. The second-order valence-corrected chi connectivity index (χ2v) is 5.07. The molecule has 2 aromatic carbocycles. The molecule has 0 heterocycles. The third kappa shape index (κ3) is 2.86. The lowest BCUT2D eigenvalue weighted by atomic mass is 9.98. The van der Waals surface area contributed by atoms with E-state index in [1.165, 1.54) is 12.1 Å². The average molecular weight is 320 g/mol. The zero-order chi connectivity index (χ0) is 14.0. The number of halogens is 4. The molecule has 2 rings (SSSR count). The molecule has 0 bridgehead atoms. The molecule has 1 atom stereocenters. The van der Waals surface area contributed by atoms with Crippen LogP contribution in [0.25, 0.3) is 0 Å². The topological polar surface area (TPSA) is 38.0 Å². The summed E-state index contributed by atoms with van der Waals surface area (Å²) in [5, 5.41) is 0.942. The smallest absolute Gasteiger partial charge is 0.129 e. The van der Waals surface area contributed by atoms with E-state index in [2.05, 4.69) is 5.43 Å². The highest BCUT2D eigenvalue weighted by atomic mass is 35.5. The summed E-state index contributed by atoms with van der Waals surface area (Å²) in [4.78, 5) is 0. The molecule has 0 radical (unpaired) electrons. The third-order valence-electron chi connectivity index (χ3n) is 2.75. The number of hydrogen-bond acceptors (Lipinski definition) is 2. The van der Waals surface area contributed by atoms with Gasteiger partial charge in [0.15, 0.2) is 0 Å². The van der Waals surface area contributed by atoms with Gasteiger partial charge in [-0.2, -0.15) is 0 Å². The molecule has 19 heavy (non-hydrogen) atoms. The lowest BCUT2D eigenvalue weighted by molar-refractivity contribution is 0.560. The standard InChI is InChI=1S/C13H10Cl3FN2/c14-8-4-2-6-10(17)11(8)13(19-18)7-3-1-5-9(15)12(7)16/h1-6,13,19H,18H2. The van der Waals surface area contributed by atoms with E-state index in [1.807, 2.05) is 0 Å². The Morgan fingerprint density at radius 2 is 1.63 bits per heavy atom. The first-order valence-corrected chi connectivity index (χ1v) is 6.53. The van der Waals surface area contributed by atoms with E-state index >= 15 is 0 Å².